The number of nitrogens with zero attached hydrogens (tertiary/aromatic N) is 3. The van der Waals surface area contributed by atoms with E-state index in [1.807, 2.05) is 0 Å². The largest absolute Gasteiger partial charge is 0.491 e. The number of benzene rings is 1. The van der Waals surface area contributed by atoms with Gasteiger partial charge < -0.3 is 15.0 Å². The summed E-state index contributed by atoms with van der Waals surface area (Å²) in [7, 11) is 1.53. The van der Waals surface area contributed by atoms with E-state index in [1.165, 1.54) is 38.3 Å². The predicted molar refractivity (Wildman–Crippen MR) is 118 cm³/mol. The maximum absolute atomic E-state index is 13.0. The third kappa shape index (κ3) is 5.03. The van der Waals surface area contributed by atoms with E-state index < -0.39 is 0 Å². The molecule has 1 aliphatic heterocycles. The number of Topliss-reactive ketones (excluding diaryl/α,β-unsaturated/α-hetero) is 1. The van der Waals surface area contributed by atoms with Gasteiger partial charge in [-0.15, -0.1) is 0 Å². The molecule has 1 N–H and O–H groups in total. The molecule has 2 atom stereocenters. The Morgan fingerprint density at radius 3 is 2.68 bits per heavy atom. The Bertz CT molecular complexity index is 908. The standard InChI is InChI=1S/C24H30N4O3/c1-31-22-21(24(30)28-12-10-20(29)11-13-28)26-16-27-23(22)25-15-17-6-5-9-19(14-17)18-7-3-2-4-8-18/h2-4,7-8,16-17,19H,5-6,9-15H2,1H3,(H,25,26,27)/t17-,19+/m0/s1. The van der Waals surface area contributed by atoms with Crippen LogP contribution in [0.15, 0.2) is 36.7 Å². The van der Waals surface area contributed by atoms with Crippen molar-refractivity contribution in [1.29, 1.82) is 0 Å². The van der Waals surface area contributed by atoms with Gasteiger partial charge in [0, 0.05) is 32.5 Å². The lowest BCUT2D eigenvalue weighted by Crippen LogP contribution is -2.39. The first-order valence-electron chi connectivity index (χ1n) is 11.1. The molecule has 0 spiro atoms. The molecule has 1 saturated heterocycles. The van der Waals surface area contributed by atoms with Gasteiger partial charge >= 0.3 is 0 Å². The molecule has 7 heteroatoms. The maximum Gasteiger partial charge on any atom is 0.276 e. The summed E-state index contributed by atoms with van der Waals surface area (Å²) in [5, 5.41) is 3.41. The number of methoxy groups -OCH3 is 1. The van der Waals surface area contributed by atoms with E-state index >= 15 is 0 Å². The molecule has 1 aromatic heterocycles. The van der Waals surface area contributed by atoms with Crippen LogP contribution in [0.5, 0.6) is 5.75 Å². The van der Waals surface area contributed by atoms with Gasteiger partial charge in [0.1, 0.15) is 12.1 Å². The average Bonchev–Trinajstić information content (AvgIpc) is 2.83. The summed E-state index contributed by atoms with van der Waals surface area (Å²) < 4.78 is 5.54. The normalized spacial score (nSPS) is 21.6. The number of rotatable bonds is 6. The smallest absolute Gasteiger partial charge is 0.276 e. The molecule has 0 unspecified atom stereocenters. The van der Waals surface area contributed by atoms with Gasteiger partial charge in [-0.3, -0.25) is 9.59 Å². The number of likely N-dealkylation sites (tertiary alicyclic amines) is 1. The van der Waals surface area contributed by atoms with Crippen molar-refractivity contribution in [2.24, 2.45) is 5.92 Å². The maximum atomic E-state index is 13.0. The second kappa shape index (κ2) is 9.90. The van der Waals surface area contributed by atoms with Crippen molar-refractivity contribution in [2.75, 3.05) is 32.1 Å². The number of amides is 1. The summed E-state index contributed by atoms with van der Waals surface area (Å²) >= 11 is 0. The minimum Gasteiger partial charge on any atom is -0.491 e. The SMILES string of the molecule is COc1c(NC[C@H]2CCC[C@@H](c3ccccc3)C2)ncnc1C(=O)N1CCC(=O)CC1. The van der Waals surface area contributed by atoms with Gasteiger partial charge in [-0.2, -0.15) is 0 Å². The van der Waals surface area contributed by atoms with Gasteiger partial charge in [-0.25, -0.2) is 9.97 Å². The van der Waals surface area contributed by atoms with Gasteiger partial charge in [0.2, 0.25) is 0 Å². The van der Waals surface area contributed by atoms with Crippen molar-refractivity contribution in [3.63, 3.8) is 0 Å². The van der Waals surface area contributed by atoms with Crippen molar-refractivity contribution in [2.45, 2.75) is 44.4 Å². The first-order valence-corrected chi connectivity index (χ1v) is 11.1. The van der Waals surface area contributed by atoms with Crippen molar-refractivity contribution in [3.05, 3.63) is 47.9 Å². The van der Waals surface area contributed by atoms with E-state index in [0.29, 0.717) is 49.3 Å². The highest BCUT2D eigenvalue weighted by Gasteiger charge is 2.28. The summed E-state index contributed by atoms with van der Waals surface area (Å²) in [5.41, 5.74) is 1.67. The number of ketones is 1. The second-order valence-corrected chi connectivity index (χ2v) is 8.46. The molecule has 1 amide bonds. The van der Waals surface area contributed by atoms with Crippen LogP contribution in [-0.4, -0.2) is 53.3 Å². The molecule has 31 heavy (non-hydrogen) atoms. The van der Waals surface area contributed by atoms with Crippen molar-refractivity contribution in [3.8, 4) is 5.75 Å². The summed E-state index contributed by atoms with van der Waals surface area (Å²) in [4.78, 5) is 34.7. The number of piperidine rings is 1. The van der Waals surface area contributed by atoms with E-state index in [0.717, 1.165) is 13.0 Å². The minimum atomic E-state index is -0.211. The molecule has 7 nitrogen and oxygen atoms in total. The van der Waals surface area contributed by atoms with Crippen LogP contribution in [-0.2, 0) is 4.79 Å². The Hall–Kier alpha value is -2.96. The van der Waals surface area contributed by atoms with Crippen LogP contribution in [0.1, 0.15) is 60.5 Å². The lowest BCUT2D eigenvalue weighted by Gasteiger charge is -2.30. The lowest BCUT2D eigenvalue weighted by atomic mass is 9.78. The fraction of sp³-hybridized carbons (Fsp3) is 0.500. The topological polar surface area (TPSA) is 84.4 Å². The zero-order valence-electron chi connectivity index (χ0n) is 18.0. The second-order valence-electron chi connectivity index (χ2n) is 8.46. The number of hydrogen-bond acceptors (Lipinski definition) is 6. The van der Waals surface area contributed by atoms with E-state index in [9.17, 15) is 9.59 Å². The number of carbonyl (C=O) groups excluding carboxylic acids is 2. The summed E-state index contributed by atoms with van der Waals surface area (Å²) in [5.74, 6) is 2.04. The number of nitrogens with one attached hydrogen (secondary N) is 1. The first-order chi connectivity index (χ1) is 15.2. The quantitative estimate of drug-likeness (QED) is 0.765. The molecule has 0 radical (unpaired) electrons. The van der Waals surface area contributed by atoms with Crippen LogP contribution in [0, 0.1) is 5.92 Å². The first kappa shape index (κ1) is 21.3. The van der Waals surface area contributed by atoms with Crippen molar-refractivity contribution in [1.82, 2.24) is 14.9 Å². The van der Waals surface area contributed by atoms with Gasteiger partial charge in [-0.05, 0) is 36.7 Å². The molecule has 2 fully saturated rings. The number of ether oxygens (including phenoxy) is 1. The lowest BCUT2D eigenvalue weighted by molar-refractivity contribution is -0.120. The number of carbonyl (C=O) groups is 2. The molecule has 1 aromatic carbocycles. The van der Waals surface area contributed by atoms with Crippen molar-refractivity contribution >= 4 is 17.5 Å². The predicted octanol–water partition coefficient (Wildman–Crippen LogP) is 3.68. The van der Waals surface area contributed by atoms with Crippen LogP contribution in [0.2, 0.25) is 0 Å². The molecular weight excluding hydrogens is 392 g/mol. The highest BCUT2D eigenvalue weighted by molar-refractivity contribution is 5.97. The van der Waals surface area contributed by atoms with Gasteiger partial charge in [-0.1, -0.05) is 36.8 Å². The van der Waals surface area contributed by atoms with E-state index in [2.05, 4.69) is 45.6 Å². The fourth-order valence-electron chi connectivity index (χ4n) is 4.70. The van der Waals surface area contributed by atoms with Gasteiger partial charge in [0.15, 0.2) is 17.3 Å². The third-order valence-electron chi connectivity index (χ3n) is 6.43. The highest BCUT2D eigenvalue weighted by Crippen LogP contribution is 2.36. The number of anilines is 1. The Morgan fingerprint density at radius 1 is 1.16 bits per heavy atom. The molecule has 1 saturated carbocycles. The van der Waals surface area contributed by atoms with Crippen LogP contribution >= 0.6 is 0 Å². The number of hydrogen-bond donors (Lipinski definition) is 1. The van der Waals surface area contributed by atoms with Gasteiger partial charge in [0.05, 0.1) is 7.11 Å². The zero-order chi connectivity index (χ0) is 21.6. The van der Waals surface area contributed by atoms with Crippen LogP contribution < -0.4 is 10.1 Å². The van der Waals surface area contributed by atoms with E-state index in [1.54, 1.807) is 4.90 Å². The Morgan fingerprint density at radius 2 is 1.94 bits per heavy atom. The average molecular weight is 423 g/mol. The zero-order valence-corrected chi connectivity index (χ0v) is 18.0. The Balaban J connectivity index is 1.42. The molecule has 2 aromatic rings. The van der Waals surface area contributed by atoms with Crippen LogP contribution in [0.25, 0.3) is 0 Å². The third-order valence-corrected chi connectivity index (χ3v) is 6.43. The molecular formula is C24H30N4O3. The number of aromatic nitrogens is 2. The minimum absolute atomic E-state index is 0.197. The highest BCUT2D eigenvalue weighted by atomic mass is 16.5. The van der Waals surface area contributed by atoms with Crippen LogP contribution in [0.4, 0.5) is 5.82 Å². The fourth-order valence-corrected chi connectivity index (χ4v) is 4.70. The van der Waals surface area contributed by atoms with Crippen molar-refractivity contribution < 1.29 is 14.3 Å². The molecule has 164 valence electrons. The van der Waals surface area contributed by atoms with E-state index in [-0.39, 0.29) is 17.4 Å². The van der Waals surface area contributed by atoms with Gasteiger partial charge in [0.25, 0.3) is 5.91 Å². The summed E-state index contributed by atoms with van der Waals surface area (Å²) in [6, 6.07) is 10.7. The summed E-state index contributed by atoms with van der Waals surface area (Å²) in [6.45, 7) is 1.63. The van der Waals surface area contributed by atoms with E-state index in [4.69, 9.17) is 4.74 Å². The Labute approximate surface area is 183 Å². The molecule has 1 aliphatic carbocycles. The van der Waals surface area contributed by atoms with Crippen LogP contribution in [0.3, 0.4) is 0 Å². The molecule has 2 aliphatic rings. The Kier molecular flexibility index (Phi) is 6.79. The summed E-state index contributed by atoms with van der Waals surface area (Å²) in [6.07, 6.45) is 6.96. The molecule has 4 rings (SSSR count). The molecule has 0 bridgehead atoms. The monoisotopic (exact) mass is 422 g/mol. The molecule has 2 heterocycles.